The molecule has 3 unspecified atom stereocenters. The number of ether oxygens (including phenoxy) is 1. The van der Waals surface area contributed by atoms with E-state index < -0.39 is 23.5 Å². The Kier molecular flexibility index (Phi) is 4.11. The zero-order valence-electron chi connectivity index (χ0n) is 15.6. The van der Waals surface area contributed by atoms with E-state index in [1.165, 1.54) is 0 Å². The molecule has 0 saturated heterocycles. The Hall–Kier alpha value is -2.90. The van der Waals surface area contributed by atoms with Crippen LogP contribution in [0.1, 0.15) is 35.0 Å². The highest BCUT2D eigenvalue weighted by atomic mass is 19.3. The number of hydrogen-bond acceptors (Lipinski definition) is 5. The Bertz CT molecular complexity index is 1050. The smallest absolute Gasteiger partial charge is 0.255 e. The van der Waals surface area contributed by atoms with Crippen LogP contribution in [-0.2, 0) is 5.54 Å². The predicted molar refractivity (Wildman–Crippen MR) is 103 cm³/mol. The summed E-state index contributed by atoms with van der Waals surface area (Å²) in [5.74, 6) is -2.75. The molecule has 5 rings (SSSR count). The minimum absolute atomic E-state index is 0.00377. The number of benzene rings is 1. The summed E-state index contributed by atoms with van der Waals surface area (Å²) in [7, 11) is 0. The van der Waals surface area contributed by atoms with Gasteiger partial charge in [0.2, 0.25) is 0 Å². The molecule has 3 aromatic rings. The van der Waals surface area contributed by atoms with Gasteiger partial charge in [0.05, 0.1) is 23.8 Å². The van der Waals surface area contributed by atoms with Gasteiger partial charge >= 0.3 is 0 Å². The number of hydrogen-bond donors (Lipinski definition) is 2. The first kappa shape index (κ1) is 18.1. The second-order valence-corrected chi connectivity index (χ2v) is 7.55. The fourth-order valence-electron chi connectivity index (χ4n) is 4.07. The van der Waals surface area contributed by atoms with E-state index in [4.69, 9.17) is 10.5 Å². The predicted octanol–water partition coefficient (Wildman–Crippen LogP) is 3.36. The topological polar surface area (TPSA) is 73.1 Å². The molecule has 7 heteroatoms. The molecular formula is C22H20F2N4O. The summed E-state index contributed by atoms with van der Waals surface area (Å²) in [5.41, 5.74) is 9.20. The van der Waals surface area contributed by atoms with Gasteiger partial charge < -0.3 is 10.5 Å². The molecule has 3 atom stereocenters. The molecule has 0 amide bonds. The van der Waals surface area contributed by atoms with E-state index in [9.17, 15) is 8.78 Å². The molecule has 1 fully saturated rings. The lowest BCUT2D eigenvalue weighted by molar-refractivity contribution is 0.0856. The molecule has 2 aliphatic rings. The summed E-state index contributed by atoms with van der Waals surface area (Å²) in [6.45, 7) is 0.00377. The van der Waals surface area contributed by atoms with E-state index in [2.05, 4.69) is 15.3 Å². The van der Waals surface area contributed by atoms with E-state index in [-0.39, 0.29) is 13.0 Å². The number of aromatic nitrogens is 2. The quantitative estimate of drug-likeness (QED) is 0.694. The maximum Gasteiger partial charge on any atom is 0.255 e. The number of fused-ring (bicyclic) bond motifs is 1. The van der Waals surface area contributed by atoms with E-state index in [0.29, 0.717) is 5.75 Å². The average molecular weight is 394 g/mol. The van der Waals surface area contributed by atoms with E-state index in [1.807, 2.05) is 42.5 Å². The molecule has 29 heavy (non-hydrogen) atoms. The Morgan fingerprint density at radius 3 is 2.62 bits per heavy atom. The molecule has 2 aromatic heterocycles. The van der Waals surface area contributed by atoms with Crippen LogP contribution in [-0.4, -0.2) is 22.5 Å². The Labute approximate surface area is 166 Å². The summed E-state index contributed by atoms with van der Waals surface area (Å²) in [6.07, 6.45) is 4.62. The molecule has 1 saturated carbocycles. The highest BCUT2D eigenvalue weighted by Crippen LogP contribution is 2.49. The average Bonchev–Trinajstić information content (AvgIpc) is 3.25. The SMILES string of the molecule is NC1NC(c2ccncc2)(c2cccc(OCC3CC3(F)F)c2)c2cccnc21. The molecule has 1 aliphatic carbocycles. The third-order valence-electron chi connectivity index (χ3n) is 5.70. The van der Waals surface area contributed by atoms with Crippen LogP contribution < -0.4 is 15.8 Å². The lowest BCUT2D eigenvalue weighted by atomic mass is 9.79. The Balaban J connectivity index is 1.58. The number of alkyl halides is 2. The lowest BCUT2D eigenvalue weighted by Crippen LogP contribution is -2.42. The van der Waals surface area contributed by atoms with E-state index in [1.54, 1.807) is 24.7 Å². The minimum Gasteiger partial charge on any atom is -0.493 e. The molecular weight excluding hydrogens is 374 g/mol. The number of nitrogens with zero attached hydrogens (tertiary/aromatic N) is 2. The fourth-order valence-corrected chi connectivity index (χ4v) is 4.07. The highest BCUT2D eigenvalue weighted by molar-refractivity contribution is 5.55. The molecule has 1 aromatic carbocycles. The summed E-state index contributed by atoms with van der Waals surface area (Å²) in [5, 5.41) is 3.49. The molecule has 0 bridgehead atoms. The lowest BCUT2D eigenvalue weighted by Gasteiger charge is -2.32. The Morgan fingerprint density at radius 2 is 1.86 bits per heavy atom. The fraction of sp³-hybridized carbons (Fsp3) is 0.273. The van der Waals surface area contributed by atoms with Crippen LogP contribution in [0.4, 0.5) is 8.78 Å². The van der Waals surface area contributed by atoms with Gasteiger partial charge in [-0.2, -0.15) is 0 Å². The monoisotopic (exact) mass is 394 g/mol. The van der Waals surface area contributed by atoms with Crippen LogP contribution in [0.25, 0.3) is 0 Å². The summed E-state index contributed by atoms with van der Waals surface area (Å²) < 4.78 is 32.1. The third-order valence-corrected chi connectivity index (χ3v) is 5.70. The van der Waals surface area contributed by atoms with Gasteiger partial charge in [-0.15, -0.1) is 0 Å². The standard InChI is InChI=1S/C22H20F2N4O/c23-21(24)12-16(21)13-29-17-4-1-3-15(11-17)22(14-6-9-26-10-7-14)18-5-2-8-27-19(18)20(25)28-22/h1-11,16,20,28H,12-13,25H2. The van der Waals surface area contributed by atoms with Gasteiger partial charge in [-0.3, -0.25) is 15.3 Å². The van der Waals surface area contributed by atoms with Gasteiger partial charge in [0.25, 0.3) is 5.92 Å². The van der Waals surface area contributed by atoms with Crippen molar-refractivity contribution in [1.29, 1.82) is 0 Å². The van der Waals surface area contributed by atoms with Gasteiger partial charge in [0, 0.05) is 30.6 Å². The van der Waals surface area contributed by atoms with Crippen molar-refractivity contribution in [3.05, 3.63) is 89.5 Å². The van der Waals surface area contributed by atoms with Crippen LogP contribution in [0.15, 0.2) is 67.1 Å². The zero-order chi connectivity index (χ0) is 20.1. The normalized spacial score (nSPS) is 26.7. The number of nitrogens with two attached hydrogens (primary N) is 1. The number of rotatable bonds is 5. The molecule has 0 radical (unpaired) electrons. The van der Waals surface area contributed by atoms with Gasteiger partial charge in [-0.1, -0.05) is 18.2 Å². The van der Waals surface area contributed by atoms with E-state index in [0.717, 1.165) is 22.4 Å². The summed E-state index contributed by atoms with van der Waals surface area (Å²) in [4.78, 5) is 8.61. The minimum atomic E-state index is -2.60. The van der Waals surface area contributed by atoms with Crippen molar-refractivity contribution in [3.8, 4) is 5.75 Å². The van der Waals surface area contributed by atoms with Crippen molar-refractivity contribution in [2.45, 2.75) is 24.0 Å². The first-order valence-corrected chi connectivity index (χ1v) is 9.51. The molecule has 1 aliphatic heterocycles. The van der Waals surface area contributed by atoms with Gasteiger partial charge in [-0.25, -0.2) is 8.78 Å². The van der Waals surface area contributed by atoms with Crippen LogP contribution in [0.2, 0.25) is 0 Å². The maximum absolute atomic E-state index is 13.2. The van der Waals surface area contributed by atoms with E-state index >= 15 is 0 Å². The van der Waals surface area contributed by atoms with Gasteiger partial charge in [0.15, 0.2) is 0 Å². The van der Waals surface area contributed by atoms with Gasteiger partial charge in [-0.05, 0) is 41.5 Å². The largest absolute Gasteiger partial charge is 0.493 e. The second-order valence-electron chi connectivity index (χ2n) is 7.55. The van der Waals surface area contributed by atoms with Crippen molar-refractivity contribution in [3.63, 3.8) is 0 Å². The zero-order valence-corrected chi connectivity index (χ0v) is 15.6. The molecule has 3 N–H and O–H groups in total. The highest BCUT2D eigenvalue weighted by Gasteiger charge is 2.57. The third kappa shape index (κ3) is 2.97. The van der Waals surface area contributed by atoms with Crippen molar-refractivity contribution in [2.75, 3.05) is 6.61 Å². The molecule has 148 valence electrons. The number of halogens is 2. The van der Waals surface area contributed by atoms with Crippen LogP contribution in [0.5, 0.6) is 5.75 Å². The Morgan fingerprint density at radius 1 is 1.07 bits per heavy atom. The van der Waals surface area contributed by atoms with Crippen molar-refractivity contribution in [1.82, 2.24) is 15.3 Å². The number of pyridine rings is 2. The number of nitrogens with one attached hydrogen (secondary N) is 1. The summed E-state index contributed by atoms with van der Waals surface area (Å²) >= 11 is 0. The van der Waals surface area contributed by atoms with Crippen LogP contribution >= 0.6 is 0 Å². The maximum atomic E-state index is 13.2. The van der Waals surface area contributed by atoms with Crippen molar-refractivity contribution in [2.24, 2.45) is 11.7 Å². The molecule has 3 heterocycles. The first-order valence-electron chi connectivity index (χ1n) is 9.51. The molecule has 5 nitrogen and oxygen atoms in total. The molecule has 0 spiro atoms. The van der Waals surface area contributed by atoms with Crippen molar-refractivity contribution < 1.29 is 13.5 Å². The van der Waals surface area contributed by atoms with Crippen molar-refractivity contribution >= 4 is 0 Å². The summed E-state index contributed by atoms with van der Waals surface area (Å²) in [6, 6.07) is 15.2. The first-order chi connectivity index (χ1) is 14.0. The van der Waals surface area contributed by atoms with Crippen LogP contribution in [0, 0.1) is 5.92 Å². The van der Waals surface area contributed by atoms with Crippen LogP contribution in [0.3, 0.4) is 0 Å². The van der Waals surface area contributed by atoms with Gasteiger partial charge in [0.1, 0.15) is 11.9 Å². The second kappa shape index (κ2) is 6.57.